The Morgan fingerprint density at radius 2 is 1.96 bits per heavy atom. The summed E-state index contributed by atoms with van der Waals surface area (Å²) in [4.78, 5) is 17.4. The number of pyridine rings is 1. The van der Waals surface area contributed by atoms with Crippen LogP contribution in [0.2, 0.25) is 5.02 Å². The third kappa shape index (κ3) is 4.87. The van der Waals surface area contributed by atoms with Crippen molar-refractivity contribution < 1.29 is 9.53 Å². The highest BCUT2D eigenvalue weighted by molar-refractivity contribution is 7.99. The van der Waals surface area contributed by atoms with Gasteiger partial charge in [0.1, 0.15) is 11.3 Å². The zero-order valence-electron chi connectivity index (χ0n) is 13.4. The van der Waals surface area contributed by atoms with Crippen LogP contribution < -0.4 is 10.1 Å². The number of aromatic nitrogens is 1. The van der Waals surface area contributed by atoms with Crippen molar-refractivity contribution in [3.8, 4) is 5.75 Å². The maximum absolute atomic E-state index is 11.9. The van der Waals surface area contributed by atoms with Crippen LogP contribution in [0.4, 0.5) is 0 Å². The highest BCUT2D eigenvalue weighted by Crippen LogP contribution is 2.29. The second kappa shape index (κ2) is 8.74. The molecule has 0 spiro atoms. The van der Waals surface area contributed by atoms with Gasteiger partial charge in [-0.1, -0.05) is 29.8 Å². The molecule has 4 nitrogen and oxygen atoms in total. The van der Waals surface area contributed by atoms with Gasteiger partial charge in [-0.3, -0.25) is 9.78 Å². The van der Waals surface area contributed by atoms with Crippen molar-refractivity contribution >= 4 is 40.2 Å². The van der Waals surface area contributed by atoms with Crippen molar-refractivity contribution in [3.63, 3.8) is 0 Å². The van der Waals surface area contributed by atoms with Crippen LogP contribution in [0.15, 0.2) is 65.7 Å². The summed E-state index contributed by atoms with van der Waals surface area (Å²) in [5, 5.41) is 4.27. The minimum absolute atomic E-state index is 0.0523. The van der Waals surface area contributed by atoms with Crippen molar-refractivity contribution in [2.45, 2.75) is 4.90 Å². The largest absolute Gasteiger partial charge is 0.481 e. The molecule has 0 unspecified atom stereocenters. The second-order valence-corrected chi connectivity index (χ2v) is 6.82. The number of hydrogen-bond acceptors (Lipinski definition) is 4. The smallest absolute Gasteiger partial charge is 0.257 e. The van der Waals surface area contributed by atoms with Crippen molar-refractivity contribution in [2.24, 2.45) is 0 Å². The molecule has 3 aromatic rings. The lowest BCUT2D eigenvalue weighted by molar-refractivity contribution is -0.122. The number of ether oxygens (including phenoxy) is 1. The van der Waals surface area contributed by atoms with Gasteiger partial charge >= 0.3 is 0 Å². The molecule has 0 bridgehead atoms. The predicted molar refractivity (Wildman–Crippen MR) is 102 cm³/mol. The van der Waals surface area contributed by atoms with E-state index < -0.39 is 0 Å². The van der Waals surface area contributed by atoms with Crippen LogP contribution >= 0.6 is 23.4 Å². The van der Waals surface area contributed by atoms with E-state index in [4.69, 9.17) is 16.3 Å². The number of carbonyl (C=O) groups is 1. The molecule has 1 N–H and O–H groups in total. The first-order chi connectivity index (χ1) is 12.2. The molecule has 3 rings (SSSR count). The Morgan fingerprint density at radius 1 is 1.12 bits per heavy atom. The number of nitrogens with zero attached hydrogens (tertiary/aromatic N) is 1. The van der Waals surface area contributed by atoms with Gasteiger partial charge in [0, 0.05) is 28.8 Å². The van der Waals surface area contributed by atoms with Crippen molar-refractivity contribution in [1.29, 1.82) is 0 Å². The number of rotatable bonds is 7. The lowest BCUT2D eigenvalue weighted by atomic mass is 10.2. The van der Waals surface area contributed by atoms with Crippen LogP contribution in [-0.2, 0) is 4.79 Å². The molecule has 6 heteroatoms. The van der Waals surface area contributed by atoms with Gasteiger partial charge in [-0.15, -0.1) is 11.8 Å². The summed E-state index contributed by atoms with van der Waals surface area (Å²) in [5.74, 6) is 1.20. The summed E-state index contributed by atoms with van der Waals surface area (Å²) in [6.07, 6.45) is 1.67. The fourth-order valence-electron chi connectivity index (χ4n) is 2.30. The highest BCUT2D eigenvalue weighted by atomic mass is 35.5. The number of amides is 1. The van der Waals surface area contributed by atoms with E-state index in [-0.39, 0.29) is 12.5 Å². The third-order valence-electron chi connectivity index (χ3n) is 3.47. The second-order valence-electron chi connectivity index (χ2n) is 5.25. The predicted octanol–water partition coefficient (Wildman–Crippen LogP) is 4.18. The van der Waals surface area contributed by atoms with E-state index in [1.807, 2.05) is 42.5 Å². The topological polar surface area (TPSA) is 51.2 Å². The number of carbonyl (C=O) groups excluding carboxylic acids is 1. The minimum Gasteiger partial charge on any atom is -0.481 e. The summed E-state index contributed by atoms with van der Waals surface area (Å²) in [5.41, 5.74) is 0.655. The maximum Gasteiger partial charge on any atom is 0.257 e. The Balaban J connectivity index is 1.47. The van der Waals surface area contributed by atoms with Gasteiger partial charge in [-0.25, -0.2) is 0 Å². The highest BCUT2D eigenvalue weighted by Gasteiger charge is 2.09. The first-order valence-corrected chi connectivity index (χ1v) is 9.21. The van der Waals surface area contributed by atoms with Crippen molar-refractivity contribution in [3.05, 3.63) is 65.8 Å². The summed E-state index contributed by atoms with van der Waals surface area (Å²) in [6, 6.07) is 17.2. The average molecular weight is 373 g/mol. The molecule has 128 valence electrons. The molecule has 0 aliphatic heterocycles. The first-order valence-electron chi connectivity index (χ1n) is 7.84. The number of benzene rings is 2. The van der Waals surface area contributed by atoms with Gasteiger partial charge in [0.05, 0.1) is 5.02 Å². The summed E-state index contributed by atoms with van der Waals surface area (Å²) >= 11 is 7.85. The van der Waals surface area contributed by atoms with Gasteiger partial charge in [-0.2, -0.15) is 0 Å². The molecule has 25 heavy (non-hydrogen) atoms. The standard InChI is InChI=1S/C19H17ClN2O2S/c20-16-8-9-17(19-15(16)7-4-10-22-19)24-13-18(23)21-11-12-25-14-5-2-1-3-6-14/h1-10H,11-13H2,(H,21,23). The number of nitrogens with one attached hydrogen (secondary N) is 1. The summed E-state index contributed by atoms with van der Waals surface area (Å²) < 4.78 is 5.61. The molecule has 1 heterocycles. The zero-order chi connectivity index (χ0) is 17.5. The van der Waals surface area contributed by atoms with E-state index in [0.29, 0.717) is 22.8 Å². The molecule has 0 atom stereocenters. The van der Waals surface area contributed by atoms with Crippen molar-refractivity contribution in [1.82, 2.24) is 10.3 Å². The SMILES string of the molecule is O=C(COc1ccc(Cl)c2cccnc12)NCCSc1ccccc1. The Hall–Kier alpha value is -2.24. The van der Waals surface area contributed by atoms with Crippen LogP contribution in [0, 0.1) is 0 Å². The fourth-order valence-corrected chi connectivity index (χ4v) is 3.30. The molecule has 2 aromatic carbocycles. The Labute approximate surface area is 155 Å². The van der Waals surface area contributed by atoms with Gasteiger partial charge in [-0.05, 0) is 36.4 Å². The first kappa shape index (κ1) is 17.6. The molecule has 0 fully saturated rings. The number of thioether (sulfide) groups is 1. The van der Waals surface area contributed by atoms with Crippen LogP contribution in [0.3, 0.4) is 0 Å². The monoisotopic (exact) mass is 372 g/mol. The van der Waals surface area contributed by atoms with E-state index in [0.717, 1.165) is 11.1 Å². The van der Waals surface area contributed by atoms with E-state index in [1.165, 1.54) is 4.90 Å². The van der Waals surface area contributed by atoms with Crippen LogP contribution in [0.1, 0.15) is 0 Å². The molecule has 0 aliphatic rings. The molecular formula is C19H17ClN2O2S. The quantitative estimate of drug-likeness (QED) is 0.499. The molecular weight excluding hydrogens is 356 g/mol. The fraction of sp³-hybridized carbons (Fsp3) is 0.158. The van der Waals surface area contributed by atoms with Crippen LogP contribution in [0.25, 0.3) is 10.9 Å². The Bertz CT molecular complexity index is 858. The van der Waals surface area contributed by atoms with Crippen molar-refractivity contribution in [2.75, 3.05) is 18.9 Å². The van der Waals surface area contributed by atoms with E-state index >= 15 is 0 Å². The molecule has 0 radical (unpaired) electrons. The molecule has 1 aromatic heterocycles. The third-order valence-corrected chi connectivity index (χ3v) is 4.82. The van der Waals surface area contributed by atoms with Gasteiger partial charge in [0.15, 0.2) is 6.61 Å². The normalized spacial score (nSPS) is 10.6. The Kier molecular flexibility index (Phi) is 6.14. The Morgan fingerprint density at radius 3 is 2.80 bits per heavy atom. The summed E-state index contributed by atoms with van der Waals surface area (Å²) in [7, 11) is 0. The summed E-state index contributed by atoms with van der Waals surface area (Å²) in [6.45, 7) is 0.532. The minimum atomic E-state index is -0.160. The number of halogens is 1. The lowest BCUT2D eigenvalue weighted by Crippen LogP contribution is -2.30. The number of fused-ring (bicyclic) bond motifs is 1. The van der Waals surface area contributed by atoms with E-state index in [1.54, 1.807) is 30.1 Å². The zero-order valence-corrected chi connectivity index (χ0v) is 15.0. The lowest BCUT2D eigenvalue weighted by Gasteiger charge is -2.10. The van der Waals surface area contributed by atoms with E-state index in [9.17, 15) is 4.79 Å². The molecule has 1 amide bonds. The van der Waals surface area contributed by atoms with Crippen LogP contribution in [-0.4, -0.2) is 29.8 Å². The van der Waals surface area contributed by atoms with Crippen LogP contribution in [0.5, 0.6) is 5.75 Å². The molecule has 0 saturated carbocycles. The van der Waals surface area contributed by atoms with Gasteiger partial charge < -0.3 is 10.1 Å². The van der Waals surface area contributed by atoms with Gasteiger partial charge in [0.25, 0.3) is 5.91 Å². The molecule has 0 aliphatic carbocycles. The maximum atomic E-state index is 11.9. The molecule has 0 saturated heterocycles. The van der Waals surface area contributed by atoms with Gasteiger partial charge in [0.2, 0.25) is 0 Å². The van der Waals surface area contributed by atoms with E-state index in [2.05, 4.69) is 10.3 Å². The average Bonchev–Trinajstić information content (AvgIpc) is 2.66. The number of hydrogen-bond donors (Lipinski definition) is 1.